The van der Waals surface area contributed by atoms with Gasteiger partial charge in [-0.25, -0.2) is 0 Å². The summed E-state index contributed by atoms with van der Waals surface area (Å²) in [4.78, 5) is 14.0. The molecule has 1 aromatic carbocycles. The quantitative estimate of drug-likeness (QED) is 0.822. The van der Waals surface area contributed by atoms with E-state index in [1.165, 1.54) is 6.07 Å². The number of benzene rings is 1. The van der Waals surface area contributed by atoms with Crippen molar-refractivity contribution in [3.63, 3.8) is 0 Å². The average Bonchev–Trinajstić information content (AvgIpc) is 2.48. The van der Waals surface area contributed by atoms with Crippen molar-refractivity contribution >= 4 is 11.6 Å². The Labute approximate surface area is 117 Å². The summed E-state index contributed by atoms with van der Waals surface area (Å²) >= 11 is 0. The molecule has 1 aliphatic rings. The lowest BCUT2D eigenvalue weighted by molar-refractivity contribution is -0.117. The van der Waals surface area contributed by atoms with Crippen LogP contribution in [0.2, 0.25) is 0 Å². The van der Waals surface area contributed by atoms with E-state index in [2.05, 4.69) is 15.5 Å². The second kappa shape index (κ2) is 6.67. The van der Waals surface area contributed by atoms with Crippen molar-refractivity contribution in [1.82, 2.24) is 10.2 Å². The van der Waals surface area contributed by atoms with Crippen LogP contribution in [0.5, 0.6) is 0 Å². The molecule has 20 heavy (non-hydrogen) atoms. The molecular weight excluding hydrogens is 254 g/mol. The predicted octanol–water partition coefficient (Wildman–Crippen LogP) is 0.274. The minimum Gasteiger partial charge on any atom is -0.325 e. The van der Waals surface area contributed by atoms with E-state index in [1.54, 1.807) is 12.1 Å². The first kappa shape index (κ1) is 14.0. The van der Waals surface area contributed by atoms with E-state index in [0.717, 1.165) is 26.2 Å². The smallest absolute Gasteiger partial charge is 0.238 e. The molecule has 2 N–H and O–H groups in total. The Balaban J connectivity index is 1.97. The Morgan fingerprint density at radius 1 is 1.25 bits per heavy atom. The molecule has 0 atom stereocenters. The van der Waals surface area contributed by atoms with Gasteiger partial charge in [0.15, 0.2) is 0 Å². The molecule has 1 fully saturated rings. The molecular formula is C14H15N5O. The van der Waals surface area contributed by atoms with Gasteiger partial charge >= 0.3 is 0 Å². The van der Waals surface area contributed by atoms with Crippen LogP contribution in [-0.4, -0.2) is 43.5 Å². The number of hydrogen-bond acceptors (Lipinski definition) is 5. The lowest BCUT2D eigenvalue weighted by atomic mass is 10.1. The normalized spacial score (nSPS) is 15.1. The van der Waals surface area contributed by atoms with Crippen LogP contribution in [0.3, 0.4) is 0 Å². The molecule has 1 aromatic rings. The molecule has 1 aliphatic heterocycles. The predicted molar refractivity (Wildman–Crippen MR) is 73.8 cm³/mol. The number of amides is 1. The van der Waals surface area contributed by atoms with E-state index in [1.807, 2.05) is 12.1 Å². The van der Waals surface area contributed by atoms with E-state index < -0.39 is 0 Å². The largest absolute Gasteiger partial charge is 0.325 e. The van der Waals surface area contributed by atoms with Crippen molar-refractivity contribution in [2.24, 2.45) is 0 Å². The average molecular weight is 269 g/mol. The number of rotatable bonds is 3. The minimum absolute atomic E-state index is 0.111. The van der Waals surface area contributed by atoms with Gasteiger partial charge in [-0.15, -0.1) is 0 Å². The zero-order valence-electron chi connectivity index (χ0n) is 11.0. The van der Waals surface area contributed by atoms with E-state index in [4.69, 9.17) is 10.5 Å². The van der Waals surface area contributed by atoms with E-state index in [9.17, 15) is 4.79 Å². The summed E-state index contributed by atoms with van der Waals surface area (Å²) in [5.74, 6) is -0.111. The molecule has 1 saturated heterocycles. The summed E-state index contributed by atoms with van der Waals surface area (Å²) in [6.07, 6.45) is 0. The molecule has 0 aliphatic carbocycles. The summed E-state index contributed by atoms with van der Waals surface area (Å²) in [6.45, 7) is 3.82. The van der Waals surface area contributed by atoms with Crippen molar-refractivity contribution in [3.05, 3.63) is 29.3 Å². The van der Waals surface area contributed by atoms with Crippen LogP contribution >= 0.6 is 0 Å². The van der Waals surface area contributed by atoms with Crippen LogP contribution in [0.1, 0.15) is 11.1 Å². The lowest BCUT2D eigenvalue weighted by Gasteiger charge is -2.26. The molecule has 0 aromatic heterocycles. The number of nitriles is 2. The highest BCUT2D eigenvalue weighted by atomic mass is 16.2. The monoisotopic (exact) mass is 269 g/mol. The Hall–Kier alpha value is -2.41. The van der Waals surface area contributed by atoms with Crippen LogP contribution in [0.25, 0.3) is 0 Å². The lowest BCUT2D eigenvalue weighted by Crippen LogP contribution is -2.46. The second-order valence-electron chi connectivity index (χ2n) is 4.56. The third-order valence-corrected chi connectivity index (χ3v) is 3.12. The minimum atomic E-state index is -0.111. The van der Waals surface area contributed by atoms with Crippen LogP contribution in [0, 0.1) is 22.7 Å². The van der Waals surface area contributed by atoms with Crippen LogP contribution in [-0.2, 0) is 4.79 Å². The number of carbonyl (C=O) groups is 1. The van der Waals surface area contributed by atoms with Gasteiger partial charge in [0.05, 0.1) is 17.7 Å². The summed E-state index contributed by atoms with van der Waals surface area (Å²) in [6, 6.07) is 8.59. The van der Waals surface area contributed by atoms with E-state index in [0.29, 0.717) is 17.8 Å². The molecule has 0 saturated carbocycles. The van der Waals surface area contributed by atoms with Crippen molar-refractivity contribution in [3.8, 4) is 12.1 Å². The standard InChI is InChI=1S/C14H15N5O/c15-8-11-1-2-13(7-12(11)9-16)18-14(20)10-19-5-3-17-4-6-19/h1-2,7,17H,3-6,10H2,(H,18,20). The third-order valence-electron chi connectivity index (χ3n) is 3.12. The first-order chi connectivity index (χ1) is 9.72. The number of hydrogen-bond donors (Lipinski definition) is 2. The van der Waals surface area contributed by atoms with Crippen LogP contribution in [0.4, 0.5) is 5.69 Å². The highest BCUT2D eigenvalue weighted by Gasteiger charge is 2.13. The first-order valence-electron chi connectivity index (χ1n) is 6.40. The highest BCUT2D eigenvalue weighted by Crippen LogP contribution is 2.14. The van der Waals surface area contributed by atoms with Crippen molar-refractivity contribution < 1.29 is 4.79 Å². The van der Waals surface area contributed by atoms with Gasteiger partial charge in [-0.1, -0.05) is 0 Å². The molecule has 0 radical (unpaired) electrons. The van der Waals surface area contributed by atoms with Gasteiger partial charge in [-0.05, 0) is 18.2 Å². The number of nitrogens with one attached hydrogen (secondary N) is 2. The summed E-state index contributed by atoms with van der Waals surface area (Å²) in [7, 11) is 0. The van der Waals surface area contributed by atoms with Gasteiger partial charge in [0.2, 0.25) is 5.91 Å². The number of nitrogens with zero attached hydrogens (tertiary/aromatic N) is 3. The molecule has 0 bridgehead atoms. The Bertz CT molecular complexity index is 578. The van der Waals surface area contributed by atoms with Gasteiger partial charge in [-0.2, -0.15) is 10.5 Å². The second-order valence-corrected chi connectivity index (χ2v) is 4.56. The van der Waals surface area contributed by atoms with Crippen molar-refractivity contribution in [2.75, 3.05) is 38.0 Å². The van der Waals surface area contributed by atoms with Crippen molar-refractivity contribution in [1.29, 1.82) is 10.5 Å². The zero-order valence-corrected chi connectivity index (χ0v) is 11.0. The molecule has 6 nitrogen and oxygen atoms in total. The van der Waals surface area contributed by atoms with Gasteiger partial charge in [0.25, 0.3) is 0 Å². The van der Waals surface area contributed by atoms with Gasteiger partial charge in [0.1, 0.15) is 12.1 Å². The van der Waals surface area contributed by atoms with Gasteiger partial charge < -0.3 is 10.6 Å². The highest BCUT2D eigenvalue weighted by molar-refractivity contribution is 5.92. The summed E-state index contributed by atoms with van der Waals surface area (Å²) < 4.78 is 0. The maximum Gasteiger partial charge on any atom is 0.238 e. The number of piperazine rings is 1. The fraction of sp³-hybridized carbons (Fsp3) is 0.357. The third kappa shape index (κ3) is 3.55. The van der Waals surface area contributed by atoms with Crippen molar-refractivity contribution in [2.45, 2.75) is 0 Å². The van der Waals surface area contributed by atoms with Gasteiger partial charge in [0, 0.05) is 31.9 Å². The van der Waals surface area contributed by atoms with Crippen LogP contribution < -0.4 is 10.6 Å². The van der Waals surface area contributed by atoms with Gasteiger partial charge in [-0.3, -0.25) is 9.69 Å². The topological polar surface area (TPSA) is 91.9 Å². The summed E-state index contributed by atoms with van der Waals surface area (Å²) in [5.41, 5.74) is 1.13. The Morgan fingerprint density at radius 2 is 1.95 bits per heavy atom. The molecule has 1 amide bonds. The molecule has 0 spiro atoms. The molecule has 1 heterocycles. The SMILES string of the molecule is N#Cc1ccc(NC(=O)CN2CCNCC2)cc1C#N. The molecule has 102 valence electrons. The van der Waals surface area contributed by atoms with E-state index in [-0.39, 0.29) is 11.5 Å². The maximum absolute atomic E-state index is 11.9. The zero-order chi connectivity index (χ0) is 14.4. The summed E-state index contributed by atoms with van der Waals surface area (Å²) in [5, 5.41) is 23.8. The fourth-order valence-electron chi connectivity index (χ4n) is 2.08. The first-order valence-corrected chi connectivity index (χ1v) is 6.40. The molecule has 0 unspecified atom stereocenters. The van der Waals surface area contributed by atoms with Crippen LogP contribution in [0.15, 0.2) is 18.2 Å². The molecule has 6 heteroatoms. The fourth-order valence-corrected chi connectivity index (χ4v) is 2.08. The van der Waals surface area contributed by atoms with E-state index >= 15 is 0 Å². The molecule has 2 rings (SSSR count). The number of carbonyl (C=O) groups excluding carboxylic acids is 1. The Morgan fingerprint density at radius 3 is 2.60 bits per heavy atom. The number of anilines is 1. The maximum atomic E-state index is 11.9. The Kier molecular flexibility index (Phi) is 4.67.